The highest BCUT2D eigenvalue weighted by Gasteiger charge is 2.14. The van der Waals surface area contributed by atoms with E-state index in [0.29, 0.717) is 0 Å². The van der Waals surface area contributed by atoms with E-state index in [4.69, 9.17) is 9.47 Å². The van der Waals surface area contributed by atoms with Gasteiger partial charge < -0.3 is 20.1 Å². The second kappa shape index (κ2) is 26.8. The van der Waals surface area contributed by atoms with Crippen LogP contribution in [0.25, 0.3) is 0 Å². The van der Waals surface area contributed by atoms with Gasteiger partial charge in [-0.15, -0.1) is 24.8 Å². The van der Waals surface area contributed by atoms with E-state index in [-0.39, 0.29) is 37.0 Å². The maximum Gasteiger partial charge on any atom is 0.508 e. The van der Waals surface area contributed by atoms with Crippen molar-refractivity contribution in [1.82, 2.24) is 10.6 Å². The summed E-state index contributed by atoms with van der Waals surface area (Å²) in [6.45, 7) is 12.5. The minimum absolute atomic E-state index is 0. The summed E-state index contributed by atoms with van der Waals surface area (Å²) < 4.78 is 10.7. The van der Waals surface area contributed by atoms with Crippen LogP contribution in [0.5, 0.6) is 0 Å². The fourth-order valence-corrected chi connectivity index (χ4v) is 3.11. The molecule has 184 valence electrons. The molecule has 0 aromatic carbocycles. The molecule has 0 bridgehead atoms. The molecule has 0 saturated heterocycles. The van der Waals surface area contributed by atoms with Crippen LogP contribution in [0.1, 0.15) is 105 Å². The first-order valence-corrected chi connectivity index (χ1v) is 11.9. The Kier molecular flexibility index (Phi) is 30.7. The molecule has 2 N–H and O–H groups in total. The number of carbonyl (C=O) groups excluding carboxylic acids is 1. The van der Waals surface area contributed by atoms with Crippen LogP contribution in [0.3, 0.4) is 0 Å². The molecule has 5 nitrogen and oxygen atoms in total. The smallest absolute Gasteiger partial charge is 0.431 e. The molecule has 0 radical (unpaired) electrons. The van der Waals surface area contributed by atoms with Crippen LogP contribution in [0.4, 0.5) is 4.79 Å². The van der Waals surface area contributed by atoms with Gasteiger partial charge in [-0.2, -0.15) is 0 Å². The van der Waals surface area contributed by atoms with Gasteiger partial charge in [0.1, 0.15) is 12.2 Å². The number of halogens is 2. The molecule has 0 rings (SSSR count). The third-order valence-electron chi connectivity index (χ3n) is 4.94. The van der Waals surface area contributed by atoms with E-state index in [0.717, 1.165) is 51.9 Å². The molecule has 2 unspecified atom stereocenters. The lowest BCUT2D eigenvalue weighted by Gasteiger charge is -2.17. The van der Waals surface area contributed by atoms with Crippen molar-refractivity contribution in [2.24, 2.45) is 0 Å². The molecule has 0 aromatic heterocycles. The van der Waals surface area contributed by atoms with E-state index >= 15 is 0 Å². The Bertz CT molecular complexity index is 320. The van der Waals surface area contributed by atoms with Crippen molar-refractivity contribution in [2.75, 3.05) is 26.2 Å². The molecular formula is C23H50Cl2N2O3. The van der Waals surface area contributed by atoms with E-state index in [9.17, 15) is 4.79 Å². The van der Waals surface area contributed by atoms with E-state index in [1.165, 1.54) is 51.4 Å². The lowest BCUT2D eigenvalue weighted by Crippen LogP contribution is -2.23. The first-order valence-electron chi connectivity index (χ1n) is 11.9. The fourth-order valence-electron chi connectivity index (χ4n) is 3.11. The molecule has 7 heteroatoms. The summed E-state index contributed by atoms with van der Waals surface area (Å²) in [4.78, 5) is 11.9. The number of rotatable bonds is 20. The molecule has 2 atom stereocenters. The van der Waals surface area contributed by atoms with Crippen LogP contribution in [-0.2, 0) is 9.47 Å². The molecular weight excluding hydrogens is 423 g/mol. The van der Waals surface area contributed by atoms with E-state index in [1.807, 2.05) is 13.8 Å². The molecule has 0 spiro atoms. The van der Waals surface area contributed by atoms with Crippen LogP contribution in [0.2, 0.25) is 0 Å². The molecule has 0 aliphatic carbocycles. The van der Waals surface area contributed by atoms with Crippen LogP contribution in [0.15, 0.2) is 0 Å². The number of hydrogen-bond donors (Lipinski definition) is 2. The molecule has 0 aromatic rings. The topological polar surface area (TPSA) is 59.6 Å². The predicted octanol–water partition coefficient (Wildman–Crippen LogP) is 6.66. The average molecular weight is 474 g/mol. The number of hydrogen-bond acceptors (Lipinski definition) is 5. The second-order valence-electron chi connectivity index (χ2n) is 8.01. The minimum atomic E-state index is -0.528. The van der Waals surface area contributed by atoms with Gasteiger partial charge in [0.2, 0.25) is 0 Å². The Balaban J connectivity index is -0.00000364. The fraction of sp³-hybridized carbons (Fsp3) is 0.957. The highest BCUT2D eigenvalue weighted by atomic mass is 35.5. The second-order valence-corrected chi connectivity index (χ2v) is 8.01. The summed E-state index contributed by atoms with van der Waals surface area (Å²) in [5, 5.41) is 6.91. The van der Waals surface area contributed by atoms with Gasteiger partial charge >= 0.3 is 6.16 Å². The summed E-state index contributed by atoms with van der Waals surface area (Å²) in [5.41, 5.74) is 0. The first kappa shape index (κ1) is 34.4. The number of unbranched alkanes of at least 4 members (excludes halogenated alkanes) is 6. The maximum absolute atomic E-state index is 11.9. The van der Waals surface area contributed by atoms with Gasteiger partial charge in [0, 0.05) is 0 Å². The third-order valence-corrected chi connectivity index (χ3v) is 4.94. The zero-order chi connectivity index (χ0) is 20.9. The van der Waals surface area contributed by atoms with Crippen molar-refractivity contribution in [2.45, 2.75) is 117 Å². The zero-order valence-corrected chi connectivity index (χ0v) is 21.6. The Labute approximate surface area is 199 Å². The van der Waals surface area contributed by atoms with E-state index in [1.54, 1.807) is 0 Å². The van der Waals surface area contributed by atoms with Crippen molar-refractivity contribution in [3.63, 3.8) is 0 Å². The Morgan fingerprint density at radius 1 is 0.633 bits per heavy atom. The number of carbonyl (C=O) groups is 1. The lowest BCUT2D eigenvalue weighted by molar-refractivity contribution is 0.00296. The van der Waals surface area contributed by atoms with Crippen LogP contribution in [-0.4, -0.2) is 44.5 Å². The monoisotopic (exact) mass is 472 g/mol. The van der Waals surface area contributed by atoms with Gasteiger partial charge in [0.25, 0.3) is 0 Å². The third kappa shape index (κ3) is 25.8. The zero-order valence-electron chi connectivity index (χ0n) is 20.0. The molecule has 0 amide bonds. The first-order chi connectivity index (χ1) is 13.6. The van der Waals surface area contributed by atoms with Gasteiger partial charge in [-0.1, -0.05) is 52.4 Å². The molecule has 0 saturated carbocycles. The summed E-state index contributed by atoms with van der Waals surface area (Å²) in [5.74, 6) is 0. The van der Waals surface area contributed by atoms with Gasteiger partial charge in [0.05, 0.1) is 0 Å². The largest absolute Gasteiger partial charge is 0.508 e. The Hall–Kier alpha value is -0.230. The van der Waals surface area contributed by atoms with Crippen LogP contribution >= 0.6 is 24.8 Å². The molecule has 0 aliphatic rings. The van der Waals surface area contributed by atoms with Crippen molar-refractivity contribution in [1.29, 1.82) is 0 Å². The normalized spacial score (nSPS) is 12.4. The maximum atomic E-state index is 11.9. The van der Waals surface area contributed by atoms with Gasteiger partial charge in [-0.25, -0.2) is 4.79 Å². The Morgan fingerprint density at radius 2 is 1.00 bits per heavy atom. The average Bonchev–Trinajstić information content (AvgIpc) is 2.65. The number of ether oxygens (including phenoxy) is 2. The quantitative estimate of drug-likeness (QED) is 0.153. The summed E-state index contributed by atoms with van der Waals surface area (Å²) in [7, 11) is 0. The van der Waals surface area contributed by atoms with Gasteiger partial charge in [-0.05, 0) is 78.6 Å². The van der Waals surface area contributed by atoms with E-state index < -0.39 is 6.16 Å². The van der Waals surface area contributed by atoms with Gasteiger partial charge in [-0.3, -0.25) is 0 Å². The summed E-state index contributed by atoms with van der Waals surface area (Å²) >= 11 is 0. The minimum Gasteiger partial charge on any atom is -0.431 e. The molecule has 0 heterocycles. The highest BCUT2D eigenvalue weighted by Crippen LogP contribution is 2.07. The van der Waals surface area contributed by atoms with E-state index in [2.05, 4.69) is 24.5 Å². The van der Waals surface area contributed by atoms with Crippen molar-refractivity contribution >= 4 is 31.0 Å². The standard InChI is InChI=1S/C23H48N2O3.2ClH/c1-5-7-9-11-17-24-19-13-15-21(3)27-23(26)28-22(4)16-14-20-25-18-12-10-8-6-2;;/h21-22,24-25H,5-20H2,1-4H3;2*1H. The van der Waals surface area contributed by atoms with Crippen molar-refractivity contribution < 1.29 is 14.3 Å². The van der Waals surface area contributed by atoms with Crippen molar-refractivity contribution in [3.05, 3.63) is 0 Å². The van der Waals surface area contributed by atoms with Crippen LogP contribution in [0, 0.1) is 0 Å². The van der Waals surface area contributed by atoms with Crippen molar-refractivity contribution in [3.8, 4) is 0 Å². The number of nitrogens with one attached hydrogen (secondary N) is 2. The SMILES string of the molecule is CCCCCCNCCCC(C)OC(=O)OC(C)CCCNCCCCCC.Cl.Cl. The molecule has 0 aliphatic heterocycles. The molecule has 30 heavy (non-hydrogen) atoms. The summed E-state index contributed by atoms with van der Waals surface area (Å²) in [6, 6.07) is 0. The highest BCUT2D eigenvalue weighted by molar-refractivity contribution is 5.85. The predicted molar refractivity (Wildman–Crippen MR) is 133 cm³/mol. The Morgan fingerprint density at radius 3 is 1.37 bits per heavy atom. The lowest BCUT2D eigenvalue weighted by atomic mass is 10.2. The van der Waals surface area contributed by atoms with Gasteiger partial charge in [0.15, 0.2) is 0 Å². The summed E-state index contributed by atoms with van der Waals surface area (Å²) in [6.07, 6.45) is 13.4. The molecule has 0 fully saturated rings. The van der Waals surface area contributed by atoms with Crippen LogP contribution < -0.4 is 10.6 Å².